The van der Waals surface area contributed by atoms with Crippen molar-refractivity contribution in [3.63, 3.8) is 0 Å². The van der Waals surface area contributed by atoms with Gasteiger partial charge in [-0.05, 0) is 43.2 Å². The van der Waals surface area contributed by atoms with Crippen molar-refractivity contribution in [1.29, 1.82) is 0 Å². The highest BCUT2D eigenvalue weighted by molar-refractivity contribution is 6.32. The van der Waals surface area contributed by atoms with Crippen LogP contribution in [0.4, 0.5) is 0 Å². The minimum Gasteiger partial charge on any atom is -0.298 e. The predicted octanol–water partition coefficient (Wildman–Crippen LogP) is 3.32. The van der Waals surface area contributed by atoms with Crippen molar-refractivity contribution in [3.8, 4) is 0 Å². The molecule has 0 fully saturated rings. The molecule has 0 unspecified atom stereocenters. The molecule has 0 aliphatic rings. The topological polar surface area (TPSA) is 30.0 Å². The number of nitrogens with zero attached hydrogens (tertiary/aromatic N) is 1. The van der Waals surface area contributed by atoms with Gasteiger partial charge in [-0.3, -0.25) is 4.79 Å². The fraction of sp³-hybridized carbons (Fsp3) is 0.167. The highest BCUT2D eigenvalue weighted by Crippen LogP contribution is 2.22. The van der Waals surface area contributed by atoms with Crippen LogP contribution in [0.1, 0.15) is 21.5 Å². The number of aldehydes is 1. The molecule has 0 N–H and O–H groups in total. The second kappa shape index (κ2) is 3.63. The number of carbonyl (C=O) groups is 1. The molecule has 0 bridgehead atoms. The lowest BCUT2D eigenvalue weighted by Gasteiger charge is -2.04. The van der Waals surface area contributed by atoms with E-state index < -0.39 is 0 Å². The lowest BCUT2D eigenvalue weighted by atomic mass is 10.1. The molecule has 15 heavy (non-hydrogen) atoms. The monoisotopic (exact) mass is 219 g/mol. The number of rotatable bonds is 1. The van der Waals surface area contributed by atoms with Crippen molar-refractivity contribution in [3.05, 3.63) is 40.0 Å². The predicted molar refractivity (Wildman–Crippen MR) is 61.6 cm³/mol. The SMILES string of the molecule is Cc1cc2cc(C=O)c(Cl)nc2cc1C. The van der Waals surface area contributed by atoms with E-state index in [1.165, 1.54) is 11.1 Å². The van der Waals surface area contributed by atoms with Gasteiger partial charge < -0.3 is 0 Å². The summed E-state index contributed by atoms with van der Waals surface area (Å²) in [6.07, 6.45) is 0.726. The summed E-state index contributed by atoms with van der Waals surface area (Å²) in [5.74, 6) is 0. The average Bonchev–Trinajstić information content (AvgIpc) is 2.20. The van der Waals surface area contributed by atoms with Crippen molar-refractivity contribution in [1.82, 2.24) is 4.98 Å². The average molecular weight is 220 g/mol. The molecule has 1 heterocycles. The lowest BCUT2D eigenvalue weighted by molar-refractivity contribution is 0.112. The fourth-order valence-electron chi connectivity index (χ4n) is 1.52. The van der Waals surface area contributed by atoms with Crippen LogP contribution in [0.5, 0.6) is 0 Å². The van der Waals surface area contributed by atoms with Gasteiger partial charge in [0.1, 0.15) is 5.15 Å². The molecular weight excluding hydrogens is 210 g/mol. The van der Waals surface area contributed by atoms with Crippen molar-refractivity contribution >= 4 is 28.8 Å². The molecule has 1 aromatic carbocycles. The molecule has 0 aliphatic heterocycles. The highest BCUT2D eigenvalue weighted by atomic mass is 35.5. The third-order valence-corrected chi connectivity index (χ3v) is 2.84. The van der Waals surface area contributed by atoms with Gasteiger partial charge in [0.25, 0.3) is 0 Å². The first-order valence-corrected chi connectivity index (χ1v) is 5.02. The van der Waals surface area contributed by atoms with Crippen LogP contribution in [0.15, 0.2) is 18.2 Å². The summed E-state index contributed by atoms with van der Waals surface area (Å²) < 4.78 is 0. The maximum absolute atomic E-state index is 10.7. The van der Waals surface area contributed by atoms with Gasteiger partial charge in [0.15, 0.2) is 6.29 Å². The Kier molecular flexibility index (Phi) is 2.45. The number of hydrogen-bond acceptors (Lipinski definition) is 2. The summed E-state index contributed by atoms with van der Waals surface area (Å²) in [5, 5.41) is 1.21. The van der Waals surface area contributed by atoms with Crippen LogP contribution in [0.25, 0.3) is 10.9 Å². The molecule has 1 aromatic heterocycles. The van der Waals surface area contributed by atoms with Gasteiger partial charge in [-0.25, -0.2) is 4.98 Å². The first-order valence-electron chi connectivity index (χ1n) is 4.64. The number of carbonyl (C=O) groups excluding carboxylic acids is 1. The molecule has 0 atom stereocenters. The molecule has 0 radical (unpaired) electrons. The summed E-state index contributed by atoms with van der Waals surface area (Å²) in [4.78, 5) is 14.9. The van der Waals surface area contributed by atoms with Crippen LogP contribution in [0.3, 0.4) is 0 Å². The zero-order valence-electron chi connectivity index (χ0n) is 8.54. The Labute approximate surface area is 92.9 Å². The molecule has 2 nitrogen and oxygen atoms in total. The van der Waals surface area contributed by atoms with Crippen LogP contribution in [-0.4, -0.2) is 11.3 Å². The molecule has 3 heteroatoms. The third-order valence-electron chi connectivity index (χ3n) is 2.54. The standard InChI is InChI=1S/C12H10ClNO/c1-7-3-9-5-10(6-15)12(13)14-11(9)4-8(7)2/h3-6H,1-2H3. The van der Waals surface area contributed by atoms with E-state index in [1.807, 2.05) is 26.0 Å². The Morgan fingerprint density at radius 3 is 2.53 bits per heavy atom. The van der Waals surface area contributed by atoms with Gasteiger partial charge in [0, 0.05) is 5.39 Å². The van der Waals surface area contributed by atoms with Gasteiger partial charge >= 0.3 is 0 Å². The number of aromatic nitrogens is 1. The quantitative estimate of drug-likeness (QED) is 0.544. The fourth-order valence-corrected chi connectivity index (χ4v) is 1.71. The van der Waals surface area contributed by atoms with Crippen molar-refractivity contribution < 1.29 is 4.79 Å². The van der Waals surface area contributed by atoms with Crippen LogP contribution in [0, 0.1) is 13.8 Å². The van der Waals surface area contributed by atoms with Gasteiger partial charge in [-0.1, -0.05) is 11.6 Å². The Balaban J connectivity index is 2.82. The first kappa shape index (κ1) is 10.1. The second-order valence-electron chi connectivity index (χ2n) is 3.62. The summed E-state index contributed by atoms with van der Waals surface area (Å²) in [7, 11) is 0. The second-order valence-corrected chi connectivity index (χ2v) is 3.97. The molecular formula is C12H10ClNO. The van der Waals surface area contributed by atoms with Crippen molar-refractivity contribution in [2.75, 3.05) is 0 Å². The van der Waals surface area contributed by atoms with Gasteiger partial charge in [0.05, 0.1) is 11.1 Å². The number of pyridine rings is 1. The molecule has 0 saturated heterocycles. The van der Waals surface area contributed by atoms with Crippen LogP contribution >= 0.6 is 11.6 Å². The summed E-state index contributed by atoms with van der Waals surface area (Å²) in [6, 6.07) is 5.76. The normalized spacial score (nSPS) is 10.6. The highest BCUT2D eigenvalue weighted by Gasteiger charge is 2.05. The smallest absolute Gasteiger partial charge is 0.153 e. The maximum Gasteiger partial charge on any atom is 0.153 e. The summed E-state index contributed by atoms with van der Waals surface area (Å²) >= 11 is 5.85. The number of aryl methyl sites for hydroxylation is 2. The van der Waals surface area contributed by atoms with Crippen LogP contribution in [0.2, 0.25) is 5.15 Å². The molecule has 0 amide bonds. The Hall–Kier alpha value is -1.41. The lowest BCUT2D eigenvalue weighted by Crippen LogP contribution is -1.90. The zero-order valence-corrected chi connectivity index (χ0v) is 9.30. The minimum atomic E-state index is 0.265. The van der Waals surface area contributed by atoms with Crippen molar-refractivity contribution in [2.45, 2.75) is 13.8 Å². The van der Waals surface area contributed by atoms with E-state index in [0.29, 0.717) is 5.56 Å². The van der Waals surface area contributed by atoms with Gasteiger partial charge in [-0.2, -0.15) is 0 Å². The number of hydrogen-bond donors (Lipinski definition) is 0. The first-order chi connectivity index (χ1) is 7.11. The van der Waals surface area contributed by atoms with E-state index in [0.717, 1.165) is 17.2 Å². The summed E-state index contributed by atoms with van der Waals surface area (Å²) in [6.45, 7) is 4.06. The zero-order chi connectivity index (χ0) is 11.0. The molecule has 0 spiro atoms. The van der Waals surface area contributed by atoms with E-state index in [2.05, 4.69) is 4.98 Å². The van der Waals surface area contributed by atoms with E-state index in [1.54, 1.807) is 6.07 Å². The summed E-state index contributed by atoms with van der Waals surface area (Å²) in [5.41, 5.74) is 3.62. The van der Waals surface area contributed by atoms with E-state index >= 15 is 0 Å². The largest absolute Gasteiger partial charge is 0.298 e. The van der Waals surface area contributed by atoms with Crippen molar-refractivity contribution in [2.24, 2.45) is 0 Å². The van der Waals surface area contributed by atoms with E-state index in [-0.39, 0.29) is 5.15 Å². The Morgan fingerprint density at radius 2 is 1.87 bits per heavy atom. The Bertz CT molecular complexity index is 549. The Morgan fingerprint density at radius 1 is 1.20 bits per heavy atom. The number of benzene rings is 1. The molecule has 2 aromatic rings. The third kappa shape index (κ3) is 1.73. The van der Waals surface area contributed by atoms with Crippen LogP contribution in [-0.2, 0) is 0 Å². The number of halogens is 1. The molecule has 76 valence electrons. The molecule has 0 saturated carbocycles. The van der Waals surface area contributed by atoms with Gasteiger partial charge in [0.2, 0.25) is 0 Å². The van der Waals surface area contributed by atoms with E-state index in [9.17, 15) is 4.79 Å². The molecule has 2 rings (SSSR count). The number of fused-ring (bicyclic) bond motifs is 1. The maximum atomic E-state index is 10.7. The van der Waals surface area contributed by atoms with Crippen LogP contribution < -0.4 is 0 Å². The van der Waals surface area contributed by atoms with E-state index in [4.69, 9.17) is 11.6 Å². The van der Waals surface area contributed by atoms with Gasteiger partial charge in [-0.15, -0.1) is 0 Å². The minimum absolute atomic E-state index is 0.265. The molecule has 0 aliphatic carbocycles.